The van der Waals surface area contributed by atoms with E-state index in [0.29, 0.717) is 11.7 Å². The van der Waals surface area contributed by atoms with Crippen LogP contribution in [0.2, 0.25) is 0 Å². The summed E-state index contributed by atoms with van der Waals surface area (Å²) in [5.41, 5.74) is 0. The minimum Gasteiger partial charge on any atom is -0.356 e. The third-order valence-corrected chi connectivity index (χ3v) is 3.39. The van der Waals surface area contributed by atoms with Crippen LogP contribution >= 0.6 is 11.8 Å². The van der Waals surface area contributed by atoms with Gasteiger partial charge in [-0.2, -0.15) is 11.8 Å². The van der Waals surface area contributed by atoms with Gasteiger partial charge in [-0.3, -0.25) is 4.79 Å². The molecule has 0 bridgehead atoms. The van der Waals surface area contributed by atoms with Crippen molar-refractivity contribution < 1.29 is 4.79 Å². The maximum atomic E-state index is 11.1. The van der Waals surface area contributed by atoms with E-state index in [1.54, 1.807) is 0 Å². The summed E-state index contributed by atoms with van der Waals surface area (Å²) in [6.45, 7) is 4.87. The van der Waals surface area contributed by atoms with Crippen molar-refractivity contribution in [3.8, 4) is 0 Å². The van der Waals surface area contributed by atoms with E-state index in [2.05, 4.69) is 10.6 Å². The van der Waals surface area contributed by atoms with Gasteiger partial charge in [0.15, 0.2) is 0 Å². The molecule has 1 heterocycles. The van der Waals surface area contributed by atoms with Gasteiger partial charge in [0.1, 0.15) is 0 Å². The Hall–Kier alpha value is -0.220. The van der Waals surface area contributed by atoms with Gasteiger partial charge in [-0.1, -0.05) is 0 Å². The number of hydrogen-bond donors (Lipinski definition) is 2. The molecule has 1 amide bonds. The predicted molar refractivity (Wildman–Crippen MR) is 57.0 cm³/mol. The monoisotopic (exact) mass is 202 g/mol. The first-order chi connectivity index (χ1) is 6.33. The van der Waals surface area contributed by atoms with Crippen molar-refractivity contribution >= 4 is 17.7 Å². The fraction of sp³-hybridized carbons (Fsp3) is 0.889. The third kappa shape index (κ3) is 4.52. The molecule has 1 saturated heterocycles. The number of rotatable bonds is 4. The lowest BCUT2D eigenvalue weighted by Crippen LogP contribution is -2.33. The Balaban J connectivity index is 2.06. The van der Waals surface area contributed by atoms with Crippen LogP contribution in [0, 0.1) is 0 Å². The highest BCUT2D eigenvalue weighted by Crippen LogP contribution is 2.17. The van der Waals surface area contributed by atoms with Crippen LogP contribution in [0.5, 0.6) is 0 Å². The number of amides is 1. The second-order valence-electron chi connectivity index (χ2n) is 3.19. The molecule has 1 aliphatic heterocycles. The molecule has 1 unspecified atom stereocenters. The third-order valence-electron chi connectivity index (χ3n) is 2.07. The molecule has 4 heteroatoms. The Bertz CT molecular complexity index is 158. The molecule has 0 saturated carbocycles. The fourth-order valence-electron chi connectivity index (χ4n) is 1.38. The van der Waals surface area contributed by atoms with Crippen molar-refractivity contribution in [1.29, 1.82) is 0 Å². The first-order valence-corrected chi connectivity index (χ1v) is 5.97. The van der Waals surface area contributed by atoms with E-state index in [1.165, 1.54) is 5.75 Å². The van der Waals surface area contributed by atoms with Gasteiger partial charge in [0.2, 0.25) is 5.91 Å². The van der Waals surface area contributed by atoms with Crippen molar-refractivity contribution in [3.63, 3.8) is 0 Å². The molecule has 0 spiro atoms. The molecule has 1 rings (SSSR count). The topological polar surface area (TPSA) is 41.1 Å². The number of hydrogen-bond acceptors (Lipinski definition) is 3. The predicted octanol–water partition coefficient (Wildman–Crippen LogP) is 0.608. The van der Waals surface area contributed by atoms with Crippen molar-refractivity contribution in [2.75, 3.05) is 25.4 Å². The first kappa shape index (κ1) is 10.9. The van der Waals surface area contributed by atoms with Gasteiger partial charge in [-0.25, -0.2) is 0 Å². The van der Waals surface area contributed by atoms with E-state index in [0.717, 1.165) is 26.1 Å². The summed E-state index contributed by atoms with van der Waals surface area (Å²) in [6.07, 6.45) is 1.68. The minimum absolute atomic E-state index is 0.189. The number of carbonyl (C=O) groups excluding carboxylic acids is 1. The largest absolute Gasteiger partial charge is 0.356 e. The lowest BCUT2D eigenvalue weighted by molar-refractivity contribution is -0.121. The smallest absolute Gasteiger partial charge is 0.220 e. The average Bonchev–Trinajstić information content (AvgIpc) is 2.17. The highest BCUT2D eigenvalue weighted by Gasteiger charge is 2.14. The molecule has 0 aromatic heterocycles. The van der Waals surface area contributed by atoms with Gasteiger partial charge in [0.05, 0.1) is 0 Å². The average molecular weight is 202 g/mol. The maximum absolute atomic E-state index is 11.1. The number of carbonyl (C=O) groups is 1. The summed E-state index contributed by atoms with van der Waals surface area (Å²) in [4.78, 5) is 11.1. The van der Waals surface area contributed by atoms with Crippen molar-refractivity contribution in [2.45, 2.75) is 25.0 Å². The Morgan fingerprint density at radius 1 is 1.69 bits per heavy atom. The first-order valence-electron chi connectivity index (χ1n) is 4.92. The molecular weight excluding hydrogens is 184 g/mol. The molecule has 0 aliphatic carbocycles. The molecule has 1 aliphatic rings. The van der Waals surface area contributed by atoms with Crippen LogP contribution in [-0.4, -0.2) is 36.5 Å². The lowest BCUT2D eigenvalue weighted by Gasteiger charge is -2.21. The van der Waals surface area contributed by atoms with E-state index in [9.17, 15) is 4.79 Å². The second-order valence-corrected chi connectivity index (χ2v) is 4.60. The lowest BCUT2D eigenvalue weighted by atomic mass is 10.2. The van der Waals surface area contributed by atoms with Crippen LogP contribution in [-0.2, 0) is 4.79 Å². The molecule has 13 heavy (non-hydrogen) atoms. The minimum atomic E-state index is 0.189. The molecule has 1 fully saturated rings. The van der Waals surface area contributed by atoms with Crippen LogP contribution in [0.15, 0.2) is 0 Å². The quantitative estimate of drug-likeness (QED) is 0.702. The molecule has 3 nitrogen and oxygen atoms in total. The van der Waals surface area contributed by atoms with Gasteiger partial charge in [-0.05, 0) is 13.3 Å². The molecule has 0 aromatic carbocycles. The molecule has 0 radical (unpaired) electrons. The van der Waals surface area contributed by atoms with E-state index < -0.39 is 0 Å². The molecule has 76 valence electrons. The molecule has 2 N–H and O–H groups in total. The second kappa shape index (κ2) is 6.27. The Labute approximate surface area is 84.0 Å². The zero-order chi connectivity index (χ0) is 9.52. The van der Waals surface area contributed by atoms with Gasteiger partial charge < -0.3 is 10.6 Å². The summed E-state index contributed by atoms with van der Waals surface area (Å²) in [6, 6.07) is 0. The van der Waals surface area contributed by atoms with E-state index >= 15 is 0 Å². The van der Waals surface area contributed by atoms with Gasteiger partial charge >= 0.3 is 0 Å². The Kier molecular flexibility index (Phi) is 5.23. The van der Waals surface area contributed by atoms with E-state index in [1.807, 2.05) is 18.7 Å². The van der Waals surface area contributed by atoms with Crippen molar-refractivity contribution in [2.24, 2.45) is 0 Å². The zero-order valence-electron chi connectivity index (χ0n) is 8.14. The Morgan fingerprint density at radius 3 is 3.15 bits per heavy atom. The highest BCUT2D eigenvalue weighted by atomic mass is 32.2. The van der Waals surface area contributed by atoms with E-state index in [-0.39, 0.29) is 5.91 Å². The summed E-state index contributed by atoms with van der Waals surface area (Å²) < 4.78 is 0. The summed E-state index contributed by atoms with van der Waals surface area (Å²) in [7, 11) is 0. The summed E-state index contributed by atoms with van der Waals surface area (Å²) in [5, 5.41) is 6.79. The number of thioether (sulfide) groups is 1. The van der Waals surface area contributed by atoms with Crippen LogP contribution in [0.3, 0.4) is 0 Å². The van der Waals surface area contributed by atoms with Crippen molar-refractivity contribution in [1.82, 2.24) is 10.6 Å². The molecular formula is C9H18N2OS. The van der Waals surface area contributed by atoms with Crippen LogP contribution in [0.25, 0.3) is 0 Å². The van der Waals surface area contributed by atoms with Gasteiger partial charge in [-0.15, -0.1) is 0 Å². The molecule has 1 atom stereocenters. The summed E-state index contributed by atoms with van der Waals surface area (Å²) in [5.74, 6) is 1.37. The van der Waals surface area contributed by atoms with E-state index in [4.69, 9.17) is 0 Å². The number of nitrogens with one attached hydrogen (secondary N) is 2. The Morgan fingerprint density at radius 2 is 2.54 bits per heavy atom. The standard InChI is InChI=1S/C9H18N2OS/c1-2-11-9(12)4-3-8-7-10-5-6-13-8/h8,10H,2-7H2,1H3,(H,11,12). The zero-order valence-corrected chi connectivity index (χ0v) is 8.95. The SMILES string of the molecule is CCNC(=O)CCC1CNCCS1. The van der Waals surface area contributed by atoms with Crippen LogP contribution in [0.4, 0.5) is 0 Å². The normalized spacial score (nSPS) is 22.7. The van der Waals surface area contributed by atoms with Gasteiger partial charge in [0.25, 0.3) is 0 Å². The summed E-state index contributed by atoms with van der Waals surface area (Å²) >= 11 is 1.98. The van der Waals surface area contributed by atoms with Crippen LogP contribution in [0.1, 0.15) is 19.8 Å². The maximum Gasteiger partial charge on any atom is 0.220 e. The van der Waals surface area contributed by atoms with Crippen molar-refractivity contribution in [3.05, 3.63) is 0 Å². The fourth-order valence-corrected chi connectivity index (χ4v) is 2.50. The molecule has 0 aromatic rings. The highest BCUT2D eigenvalue weighted by molar-refractivity contribution is 8.00. The van der Waals surface area contributed by atoms with Crippen LogP contribution < -0.4 is 10.6 Å². The van der Waals surface area contributed by atoms with Gasteiger partial charge in [0, 0.05) is 37.1 Å².